The molecule has 1 amide bonds. The molecule has 3 aromatic carbocycles. The van der Waals surface area contributed by atoms with Gasteiger partial charge in [-0.15, -0.1) is 0 Å². The normalized spacial score (nSPS) is 11.2. The van der Waals surface area contributed by atoms with Crippen LogP contribution in [-0.2, 0) is 14.8 Å². The van der Waals surface area contributed by atoms with Gasteiger partial charge >= 0.3 is 0 Å². The van der Waals surface area contributed by atoms with Gasteiger partial charge in [0.05, 0.1) is 23.4 Å². The number of carbonyl (C=O) groups excluding carboxylic acids is 1. The van der Waals surface area contributed by atoms with Crippen molar-refractivity contribution in [2.45, 2.75) is 18.7 Å². The van der Waals surface area contributed by atoms with E-state index in [0.29, 0.717) is 35.3 Å². The van der Waals surface area contributed by atoms with Crippen molar-refractivity contribution in [3.8, 4) is 11.5 Å². The van der Waals surface area contributed by atoms with E-state index in [1.807, 2.05) is 6.92 Å². The molecule has 0 radical (unpaired) electrons. The number of hydrogen-bond donors (Lipinski definition) is 1. The number of benzene rings is 3. The average molecular weight is 542 g/mol. The van der Waals surface area contributed by atoms with Crippen LogP contribution in [0.1, 0.15) is 18.1 Å². The monoisotopic (exact) mass is 541 g/mol. The van der Waals surface area contributed by atoms with Crippen molar-refractivity contribution in [3.63, 3.8) is 0 Å². The number of sulfonamides is 1. The van der Waals surface area contributed by atoms with Crippen molar-refractivity contribution < 1.29 is 22.7 Å². The van der Waals surface area contributed by atoms with Gasteiger partial charge in [0.1, 0.15) is 13.2 Å². The minimum atomic E-state index is -4.06. The second-order valence-corrected chi connectivity index (χ2v) is 10.1. The first-order chi connectivity index (χ1) is 17.8. The van der Waals surface area contributed by atoms with Crippen LogP contribution in [0.2, 0.25) is 5.02 Å². The molecule has 0 aliphatic heterocycles. The number of ether oxygens (including phenoxy) is 2. The van der Waals surface area contributed by atoms with Gasteiger partial charge in [-0.1, -0.05) is 48.5 Å². The number of nitrogens with one attached hydrogen (secondary N) is 1. The Morgan fingerprint density at radius 1 is 1.08 bits per heavy atom. The first kappa shape index (κ1) is 27.8. The lowest BCUT2D eigenvalue weighted by Crippen LogP contribution is -2.39. The van der Waals surface area contributed by atoms with Crippen LogP contribution in [0.5, 0.6) is 11.5 Å². The Hall–Kier alpha value is -3.82. The quantitative estimate of drug-likeness (QED) is 0.199. The van der Waals surface area contributed by atoms with Gasteiger partial charge in [-0.3, -0.25) is 9.10 Å². The molecular weight excluding hydrogens is 514 g/mol. The van der Waals surface area contributed by atoms with Gasteiger partial charge in [0.15, 0.2) is 11.5 Å². The van der Waals surface area contributed by atoms with E-state index in [1.165, 1.54) is 24.4 Å². The molecule has 194 valence electrons. The number of halogens is 1. The lowest BCUT2D eigenvalue weighted by molar-refractivity contribution is -0.119. The van der Waals surface area contributed by atoms with E-state index >= 15 is 0 Å². The number of hydrogen-bond acceptors (Lipinski definition) is 6. The van der Waals surface area contributed by atoms with Crippen molar-refractivity contribution in [3.05, 3.63) is 95.5 Å². The molecule has 0 aliphatic rings. The SMILES string of the molecule is C=CCOc1ccc(/C=N/NC(=O)CN(c2ccc(C)c(Cl)c2)S(=O)(=O)c2ccccc2)cc1OCC. The van der Waals surface area contributed by atoms with Gasteiger partial charge in [-0.2, -0.15) is 5.10 Å². The Morgan fingerprint density at radius 2 is 1.84 bits per heavy atom. The maximum absolute atomic E-state index is 13.4. The first-order valence-electron chi connectivity index (χ1n) is 11.4. The molecule has 0 spiro atoms. The minimum Gasteiger partial charge on any atom is -0.490 e. The first-order valence-corrected chi connectivity index (χ1v) is 13.2. The van der Waals surface area contributed by atoms with E-state index in [0.717, 1.165) is 9.87 Å². The third-order valence-corrected chi connectivity index (χ3v) is 7.28. The fraction of sp³-hybridized carbons (Fsp3) is 0.185. The second kappa shape index (κ2) is 12.9. The van der Waals surface area contributed by atoms with Crippen LogP contribution in [0.25, 0.3) is 0 Å². The van der Waals surface area contributed by atoms with Crippen molar-refractivity contribution >= 4 is 39.4 Å². The molecule has 3 rings (SSSR count). The largest absolute Gasteiger partial charge is 0.490 e. The summed E-state index contributed by atoms with van der Waals surface area (Å²) in [5.41, 5.74) is 4.08. The van der Waals surface area contributed by atoms with E-state index in [4.69, 9.17) is 21.1 Å². The second-order valence-electron chi connectivity index (χ2n) is 7.79. The maximum Gasteiger partial charge on any atom is 0.264 e. The third kappa shape index (κ3) is 7.34. The molecule has 8 nitrogen and oxygen atoms in total. The molecule has 0 aromatic heterocycles. The molecule has 10 heteroatoms. The number of hydrazone groups is 1. The highest BCUT2D eigenvalue weighted by molar-refractivity contribution is 7.92. The fourth-order valence-electron chi connectivity index (χ4n) is 3.26. The van der Waals surface area contributed by atoms with Gasteiger partial charge in [-0.25, -0.2) is 13.8 Å². The maximum atomic E-state index is 13.4. The van der Waals surface area contributed by atoms with E-state index in [2.05, 4.69) is 17.1 Å². The number of nitrogens with zero attached hydrogens (tertiary/aromatic N) is 2. The van der Waals surface area contributed by atoms with Gasteiger partial charge in [0, 0.05) is 5.02 Å². The minimum absolute atomic E-state index is 0.0465. The Kier molecular flexibility index (Phi) is 9.71. The van der Waals surface area contributed by atoms with E-state index in [1.54, 1.807) is 61.5 Å². The molecule has 0 bridgehead atoms. The highest BCUT2D eigenvalue weighted by Crippen LogP contribution is 2.29. The smallest absolute Gasteiger partial charge is 0.264 e. The third-order valence-electron chi connectivity index (χ3n) is 5.09. The topological polar surface area (TPSA) is 97.3 Å². The highest BCUT2D eigenvalue weighted by atomic mass is 35.5. The fourth-order valence-corrected chi connectivity index (χ4v) is 4.87. The van der Waals surface area contributed by atoms with Gasteiger partial charge in [-0.05, 0) is 67.4 Å². The van der Waals surface area contributed by atoms with Crippen LogP contribution in [0.15, 0.2) is 89.4 Å². The number of rotatable bonds is 12. The molecule has 1 N–H and O–H groups in total. The molecule has 0 aliphatic carbocycles. The molecule has 0 heterocycles. The van der Waals surface area contributed by atoms with Crippen LogP contribution in [-0.4, -0.2) is 40.3 Å². The van der Waals surface area contributed by atoms with Crippen LogP contribution in [0, 0.1) is 6.92 Å². The van der Waals surface area contributed by atoms with Gasteiger partial charge < -0.3 is 9.47 Å². The molecular formula is C27H28ClN3O5S. The number of anilines is 1. The van der Waals surface area contributed by atoms with Crippen LogP contribution < -0.4 is 19.2 Å². The van der Waals surface area contributed by atoms with Gasteiger partial charge in [0.2, 0.25) is 0 Å². The Morgan fingerprint density at radius 3 is 2.51 bits per heavy atom. The highest BCUT2D eigenvalue weighted by Gasteiger charge is 2.27. The number of amides is 1. The molecule has 0 saturated carbocycles. The molecule has 0 fully saturated rings. The van der Waals surface area contributed by atoms with Crippen LogP contribution in [0.4, 0.5) is 5.69 Å². The Bertz CT molecular complexity index is 1380. The van der Waals surface area contributed by atoms with E-state index in [9.17, 15) is 13.2 Å². The van der Waals surface area contributed by atoms with Crippen molar-refractivity contribution in [2.75, 3.05) is 24.1 Å². The number of aryl methyl sites for hydroxylation is 1. The Labute approximate surface area is 222 Å². The summed E-state index contributed by atoms with van der Waals surface area (Å²) in [5.74, 6) is 0.445. The lowest BCUT2D eigenvalue weighted by Gasteiger charge is -2.24. The summed E-state index contributed by atoms with van der Waals surface area (Å²) in [7, 11) is -4.06. The molecule has 0 atom stereocenters. The predicted octanol–water partition coefficient (Wildman–Crippen LogP) is 4.96. The summed E-state index contributed by atoms with van der Waals surface area (Å²) in [5, 5.41) is 4.37. The molecule has 0 unspecified atom stereocenters. The zero-order valence-corrected chi connectivity index (χ0v) is 22.1. The lowest BCUT2D eigenvalue weighted by atomic mass is 10.2. The van der Waals surface area contributed by atoms with Crippen molar-refractivity contribution in [1.29, 1.82) is 0 Å². The van der Waals surface area contributed by atoms with E-state index < -0.39 is 22.5 Å². The molecule has 37 heavy (non-hydrogen) atoms. The van der Waals surface area contributed by atoms with Gasteiger partial charge in [0.25, 0.3) is 15.9 Å². The summed E-state index contributed by atoms with van der Waals surface area (Å²) in [6, 6.07) is 17.9. The molecule has 3 aromatic rings. The number of carbonyl (C=O) groups is 1. The summed E-state index contributed by atoms with van der Waals surface area (Å²) in [4.78, 5) is 12.8. The molecule has 0 saturated heterocycles. The average Bonchev–Trinajstić information content (AvgIpc) is 2.89. The summed E-state index contributed by atoms with van der Waals surface area (Å²) < 4.78 is 39.0. The standard InChI is InChI=1S/C27H28ClN3O5S/c1-4-15-36-25-14-12-21(16-26(25)35-5-2)18-29-30-27(32)19-31(22-13-11-20(3)24(28)17-22)37(33,34)23-9-7-6-8-10-23/h4,6-14,16-18H,1,5,15,19H2,2-3H3,(H,30,32)/b29-18+. The van der Waals surface area contributed by atoms with Crippen LogP contribution >= 0.6 is 11.6 Å². The predicted molar refractivity (Wildman–Crippen MR) is 146 cm³/mol. The summed E-state index contributed by atoms with van der Waals surface area (Å²) in [6.07, 6.45) is 3.06. The van der Waals surface area contributed by atoms with Crippen molar-refractivity contribution in [2.24, 2.45) is 5.10 Å². The van der Waals surface area contributed by atoms with Crippen LogP contribution in [0.3, 0.4) is 0 Å². The van der Waals surface area contributed by atoms with E-state index in [-0.39, 0.29) is 10.6 Å². The zero-order chi connectivity index (χ0) is 26.8. The van der Waals surface area contributed by atoms with Crippen molar-refractivity contribution in [1.82, 2.24) is 5.43 Å². The Balaban J connectivity index is 1.80. The summed E-state index contributed by atoms with van der Waals surface area (Å²) >= 11 is 6.25. The zero-order valence-electron chi connectivity index (χ0n) is 20.6. The summed E-state index contributed by atoms with van der Waals surface area (Å²) in [6.45, 7) is 7.56.